The van der Waals surface area contributed by atoms with E-state index in [1.807, 2.05) is 0 Å². The fourth-order valence-electron chi connectivity index (χ4n) is 1.75. The third-order valence-corrected chi connectivity index (χ3v) is 2.98. The number of rotatable bonds is 7. The molecule has 17 heavy (non-hydrogen) atoms. The van der Waals surface area contributed by atoms with Crippen molar-refractivity contribution in [2.24, 2.45) is 0 Å². The van der Waals surface area contributed by atoms with Crippen LogP contribution in [0.2, 0.25) is 0 Å². The van der Waals surface area contributed by atoms with Crippen LogP contribution in [0.15, 0.2) is 0 Å². The van der Waals surface area contributed by atoms with E-state index < -0.39 is 0 Å². The van der Waals surface area contributed by atoms with Gasteiger partial charge in [0.25, 0.3) is 0 Å². The van der Waals surface area contributed by atoms with Gasteiger partial charge in [-0.2, -0.15) is 5.10 Å². The van der Waals surface area contributed by atoms with Gasteiger partial charge in [-0.1, -0.05) is 36.7 Å². The summed E-state index contributed by atoms with van der Waals surface area (Å²) < 4.78 is 0. The highest BCUT2D eigenvalue weighted by atomic mass is 79.9. The number of anilines is 1. The number of aromatic nitrogens is 3. The van der Waals surface area contributed by atoms with Gasteiger partial charge in [0.15, 0.2) is 0 Å². The van der Waals surface area contributed by atoms with Crippen molar-refractivity contribution in [2.45, 2.75) is 40.0 Å². The van der Waals surface area contributed by atoms with Crippen LogP contribution in [0.25, 0.3) is 0 Å². The Morgan fingerprint density at radius 2 is 1.71 bits per heavy atom. The molecule has 5 heteroatoms. The molecule has 96 valence electrons. The van der Waals surface area contributed by atoms with Gasteiger partial charge >= 0.3 is 0 Å². The van der Waals surface area contributed by atoms with Crippen LogP contribution in [0, 0.1) is 0 Å². The van der Waals surface area contributed by atoms with Gasteiger partial charge in [-0.25, -0.2) is 4.98 Å². The molecule has 0 unspecified atom stereocenters. The molecule has 0 bridgehead atoms. The van der Waals surface area contributed by atoms with Crippen molar-refractivity contribution in [3.05, 3.63) is 11.4 Å². The second kappa shape index (κ2) is 7.58. The van der Waals surface area contributed by atoms with Crippen molar-refractivity contribution in [1.82, 2.24) is 15.2 Å². The number of hydrogen-bond donors (Lipinski definition) is 0. The summed E-state index contributed by atoms with van der Waals surface area (Å²) in [6.07, 6.45) is 2.91. The van der Waals surface area contributed by atoms with E-state index in [0.717, 1.165) is 55.0 Å². The molecule has 0 aromatic carbocycles. The Morgan fingerprint density at radius 1 is 1.00 bits per heavy atom. The summed E-state index contributed by atoms with van der Waals surface area (Å²) in [5.41, 5.74) is 2.10. The molecule has 1 aromatic rings. The van der Waals surface area contributed by atoms with E-state index in [2.05, 4.69) is 56.8 Å². The van der Waals surface area contributed by atoms with Crippen molar-refractivity contribution in [3.8, 4) is 0 Å². The maximum atomic E-state index is 4.63. The molecule has 0 saturated carbocycles. The predicted molar refractivity (Wildman–Crippen MR) is 74.9 cm³/mol. The topological polar surface area (TPSA) is 41.9 Å². The Morgan fingerprint density at radius 3 is 2.24 bits per heavy atom. The predicted octanol–water partition coefficient (Wildman–Crippen LogP) is 2.61. The molecule has 0 radical (unpaired) electrons. The number of nitrogens with zero attached hydrogens (tertiary/aromatic N) is 4. The average molecular weight is 301 g/mol. The third kappa shape index (κ3) is 3.91. The largest absolute Gasteiger partial charge is 0.339 e. The zero-order chi connectivity index (χ0) is 12.7. The molecule has 1 aromatic heterocycles. The Labute approximate surface area is 112 Å². The number of hydrogen-bond acceptors (Lipinski definition) is 4. The van der Waals surface area contributed by atoms with Crippen LogP contribution >= 0.6 is 15.9 Å². The summed E-state index contributed by atoms with van der Waals surface area (Å²) in [6, 6.07) is 0. The van der Waals surface area contributed by atoms with Crippen LogP contribution in [0.4, 0.5) is 5.95 Å². The monoisotopic (exact) mass is 300 g/mol. The van der Waals surface area contributed by atoms with Crippen molar-refractivity contribution in [2.75, 3.05) is 23.3 Å². The first kappa shape index (κ1) is 14.4. The molecule has 0 aliphatic rings. The van der Waals surface area contributed by atoms with E-state index in [0.29, 0.717) is 0 Å². The molecule has 0 spiro atoms. The zero-order valence-corrected chi connectivity index (χ0v) is 12.5. The summed E-state index contributed by atoms with van der Waals surface area (Å²) in [7, 11) is 0. The SMILES string of the molecule is CCCN(CCBr)c1nnc(CC)c(CC)n1. The van der Waals surface area contributed by atoms with Gasteiger partial charge in [0.2, 0.25) is 5.95 Å². The first-order valence-electron chi connectivity index (χ1n) is 6.30. The summed E-state index contributed by atoms with van der Waals surface area (Å²) in [5, 5.41) is 9.45. The second-order valence-corrected chi connectivity index (χ2v) is 4.68. The minimum Gasteiger partial charge on any atom is -0.339 e. The van der Waals surface area contributed by atoms with Gasteiger partial charge < -0.3 is 4.90 Å². The average Bonchev–Trinajstić information content (AvgIpc) is 2.37. The van der Waals surface area contributed by atoms with E-state index >= 15 is 0 Å². The van der Waals surface area contributed by atoms with E-state index in [4.69, 9.17) is 0 Å². The molecule has 4 nitrogen and oxygen atoms in total. The van der Waals surface area contributed by atoms with Crippen molar-refractivity contribution < 1.29 is 0 Å². The first-order valence-corrected chi connectivity index (χ1v) is 7.42. The van der Waals surface area contributed by atoms with Crippen molar-refractivity contribution in [3.63, 3.8) is 0 Å². The third-order valence-electron chi connectivity index (χ3n) is 2.63. The molecule has 1 heterocycles. The lowest BCUT2D eigenvalue weighted by Crippen LogP contribution is -2.29. The lowest BCUT2D eigenvalue weighted by molar-refractivity contribution is 0.727. The zero-order valence-electron chi connectivity index (χ0n) is 10.9. The number of halogens is 1. The maximum absolute atomic E-state index is 4.63. The smallest absolute Gasteiger partial charge is 0.245 e. The van der Waals surface area contributed by atoms with E-state index in [1.165, 1.54) is 0 Å². The summed E-state index contributed by atoms with van der Waals surface area (Å²) in [5.74, 6) is 0.764. The molecule has 0 amide bonds. The second-order valence-electron chi connectivity index (χ2n) is 3.89. The number of alkyl halides is 1. The first-order chi connectivity index (χ1) is 8.26. The molecule has 0 aliphatic heterocycles. The highest BCUT2D eigenvalue weighted by Crippen LogP contribution is 2.11. The molecule has 0 fully saturated rings. The maximum Gasteiger partial charge on any atom is 0.245 e. The van der Waals surface area contributed by atoms with Gasteiger partial charge in [-0.3, -0.25) is 0 Å². The van der Waals surface area contributed by atoms with Crippen LogP contribution < -0.4 is 4.90 Å². The molecule has 0 atom stereocenters. The fourth-order valence-corrected chi connectivity index (χ4v) is 2.17. The van der Waals surface area contributed by atoms with Crippen molar-refractivity contribution in [1.29, 1.82) is 0 Å². The highest BCUT2D eigenvalue weighted by molar-refractivity contribution is 9.09. The summed E-state index contributed by atoms with van der Waals surface area (Å²) in [4.78, 5) is 6.81. The quantitative estimate of drug-likeness (QED) is 0.726. The normalized spacial score (nSPS) is 10.6. The van der Waals surface area contributed by atoms with Gasteiger partial charge in [-0.05, 0) is 19.3 Å². The standard InChI is InChI=1S/C12H21BrN4/c1-4-8-17(9-7-13)12-14-10(5-2)11(6-3)15-16-12/h4-9H2,1-3H3. The Kier molecular flexibility index (Phi) is 6.40. The molecule has 0 aliphatic carbocycles. The van der Waals surface area contributed by atoms with Crippen LogP contribution in [0.1, 0.15) is 38.6 Å². The highest BCUT2D eigenvalue weighted by Gasteiger charge is 2.11. The van der Waals surface area contributed by atoms with Gasteiger partial charge in [0.1, 0.15) is 0 Å². The molecule has 1 rings (SSSR count). The van der Waals surface area contributed by atoms with E-state index in [9.17, 15) is 0 Å². The minimum absolute atomic E-state index is 0.764. The lowest BCUT2D eigenvalue weighted by atomic mass is 10.2. The van der Waals surface area contributed by atoms with Gasteiger partial charge in [0.05, 0.1) is 11.4 Å². The van der Waals surface area contributed by atoms with Crippen LogP contribution in [-0.2, 0) is 12.8 Å². The Bertz CT molecular complexity index is 337. The summed E-state index contributed by atoms with van der Waals surface area (Å²) in [6.45, 7) is 8.26. The lowest BCUT2D eigenvalue weighted by Gasteiger charge is -2.21. The molecule has 0 saturated heterocycles. The van der Waals surface area contributed by atoms with Crippen LogP contribution in [0.5, 0.6) is 0 Å². The van der Waals surface area contributed by atoms with Crippen LogP contribution in [0.3, 0.4) is 0 Å². The van der Waals surface area contributed by atoms with Gasteiger partial charge in [0, 0.05) is 18.4 Å². The molecule has 0 N–H and O–H groups in total. The Balaban J connectivity index is 2.94. The van der Waals surface area contributed by atoms with E-state index in [-0.39, 0.29) is 0 Å². The molecular weight excluding hydrogens is 280 g/mol. The molecular formula is C12H21BrN4. The fraction of sp³-hybridized carbons (Fsp3) is 0.750. The summed E-state index contributed by atoms with van der Waals surface area (Å²) >= 11 is 3.46. The van der Waals surface area contributed by atoms with Gasteiger partial charge in [-0.15, -0.1) is 5.10 Å². The number of aryl methyl sites for hydroxylation is 2. The van der Waals surface area contributed by atoms with E-state index in [1.54, 1.807) is 0 Å². The van der Waals surface area contributed by atoms with Crippen molar-refractivity contribution >= 4 is 21.9 Å². The van der Waals surface area contributed by atoms with Crippen LogP contribution in [-0.4, -0.2) is 33.6 Å². The Hall–Kier alpha value is -0.710. The minimum atomic E-state index is 0.764.